The number of benzene rings is 1. The number of aromatic nitrogens is 6. The van der Waals surface area contributed by atoms with Crippen LogP contribution in [0.3, 0.4) is 0 Å². The first-order chi connectivity index (χ1) is 13.0. The Bertz CT molecular complexity index is 1160. The second kappa shape index (κ2) is 6.98. The molecule has 0 aliphatic rings. The highest BCUT2D eigenvalue weighted by atomic mass is 35.5. The van der Waals surface area contributed by atoms with Gasteiger partial charge in [0.15, 0.2) is 0 Å². The molecular formula is C18H18ClN7O. The second-order valence-corrected chi connectivity index (χ2v) is 6.68. The van der Waals surface area contributed by atoms with E-state index in [-0.39, 0.29) is 5.56 Å². The number of aryl methyl sites for hydroxylation is 2. The van der Waals surface area contributed by atoms with Crippen molar-refractivity contribution in [2.75, 3.05) is 0 Å². The highest BCUT2D eigenvalue weighted by Gasteiger charge is 2.14. The molecule has 0 amide bonds. The van der Waals surface area contributed by atoms with Gasteiger partial charge in [0.25, 0.3) is 5.56 Å². The molecule has 138 valence electrons. The summed E-state index contributed by atoms with van der Waals surface area (Å²) in [7, 11) is 1.85. The summed E-state index contributed by atoms with van der Waals surface area (Å²) in [6.45, 7) is 3.04. The van der Waals surface area contributed by atoms with Crippen molar-refractivity contribution in [1.29, 1.82) is 0 Å². The number of hydrogen-bond donors (Lipinski definition) is 2. The van der Waals surface area contributed by atoms with Crippen molar-refractivity contribution in [2.45, 2.75) is 20.0 Å². The van der Waals surface area contributed by atoms with Crippen LogP contribution in [0.2, 0.25) is 5.02 Å². The summed E-state index contributed by atoms with van der Waals surface area (Å²) in [4.78, 5) is 21.4. The van der Waals surface area contributed by atoms with Crippen LogP contribution >= 0.6 is 11.6 Å². The Morgan fingerprint density at radius 3 is 2.67 bits per heavy atom. The molecule has 0 radical (unpaired) electrons. The number of fused-ring (bicyclic) bond motifs is 1. The molecule has 0 unspecified atom stereocenters. The van der Waals surface area contributed by atoms with Crippen molar-refractivity contribution in [3.05, 3.63) is 69.2 Å². The van der Waals surface area contributed by atoms with Gasteiger partial charge in [-0.2, -0.15) is 5.10 Å². The first-order valence-corrected chi connectivity index (χ1v) is 8.81. The number of hydrogen-bond acceptors (Lipinski definition) is 5. The molecule has 0 fully saturated rings. The van der Waals surface area contributed by atoms with E-state index in [2.05, 4.69) is 25.5 Å². The molecule has 3 heterocycles. The fourth-order valence-corrected chi connectivity index (χ4v) is 3.11. The van der Waals surface area contributed by atoms with Crippen LogP contribution in [0, 0.1) is 6.92 Å². The van der Waals surface area contributed by atoms with E-state index in [0.717, 1.165) is 28.3 Å². The first kappa shape index (κ1) is 17.4. The minimum Gasteiger partial charge on any atom is -0.306 e. The van der Waals surface area contributed by atoms with E-state index in [1.165, 1.54) is 11.0 Å². The number of nitrogens with zero attached hydrogens (tertiary/aromatic N) is 5. The predicted molar refractivity (Wildman–Crippen MR) is 103 cm³/mol. The highest BCUT2D eigenvalue weighted by molar-refractivity contribution is 6.30. The number of halogens is 1. The van der Waals surface area contributed by atoms with Gasteiger partial charge in [-0.1, -0.05) is 11.6 Å². The van der Waals surface area contributed by atoms with Gasteiger partial charge in [0.05, 0.1) is 23.1 Å². The van der Waals surface area contributed by atoms with Gasteiger partial charge in [-0.15, -0.1) is 0 Å². The lowest BCUT2D eigenvalue weighted by Crippen LogP contribution is -2.17. The summed E-state index contributed by atoms with van der Waals surface area (Å²) in [5.41, 5.74) is 3.15. The van der Waals surface area contributed by atoms with Gasteiger partial charge < -0.3 is 5.32 Å². The van der Waals surface area contributed by atoms with Crippen LogP contribution in [-0.4, -0.2) is 29.5 Å². The summed E-state index contributed by atoms with van der Waals surface area (Å²) in [5.74, 6) is 0.833. The fourth-order valence-electron chi connectivity index (χ4n) is 2.99. The molecule has 8 nitrogen and oxygen atoms in total. The monoisotopic (exact) mass is 383 g/mol. The molecule has 0 aliphatic heterocycles. The molecule has 0 saturated carbocycles. The van der Waals surface area contributed by atoms with Gasteiger partial charge in [-0.25, -0.2) is 9.67 Å². The van der Waals surface area contributed by atoms with Crippen molar-refractivity contribution >= 4 is 22.5 Å². The van der Waals surface area contributed by atoms with Crippen LogP contribution in [-0.2, 0) is 20.1 Å². The van der Waals surface area contributed by atoms with E-state index >= 15 is 0 Å². The number of rotatable bonds is 5. The molecule has 9 heteroatoms. The average molecular weight is 384 g/mol. The number of aromatic amines is 1. The maximum Gasteiger partial charge on any atom is 0.280 e. The van der Waals surface area contributed by atoms with Gasteiger partial charge in [0.1, 0.15) is 12.2 Å². The van der Waals surface area contributed by atoms with Gasteiger partial charge in [0, 0.05) is 36.1 Å². The Hall–Kier alpha value is -2.97. The molecule has 2 N–H and O–H groups in total. The highest BCUT2D eigenvalue weighted by Crippen LogP contribution is 2.18. The molecule has 0 bridgehead atoms. The summed E-state index contributed by atoms with van der Waals surface area (Å²) in [6, 6.07) is 7.10. The van der Waals surface area contributed by atoms with Gasteiger partial charge in [-0.3, -0.25) is 19.6 Å². The zero-order valence-corrected chi connectivity index (χ0v) is 15.7. The molecule has 4 rings (SSSR count). The predicted octanol–water partition coefficient (Wildman–Crippen LogP) is 2.09. The molecule has 0 saturated heterocycles. The summed E-state index contributed by atoms with van der Waals surface area (Å²) in [6.07, 6.45) is 3.14. The average Bonchev–Trinajstić information content (AvgIpc) is 3.21. The molecule has 0 spiro atoms. The van der Waals surface area contributed by atoms with E-state index in [1.54, 1.807) is 35.1 Å². The smallest absolute Gasteiger partial charge is 0.280 e. The molecule has 0 aliphatic carbocycles. The number of H-pyrrole nitrogens is 1. The molecule has 1 aromatic carbocycles. The number of pyridine rings is 1. The lowest BCUT2D eigenvalue weighted by atomic mass is 10.1. The fraction of sp³-hybridized carbons (Fsp3) is 0.222. The quantitative estimate of drug-likeness (QED) is 0.550. The Labute approximate surface area is 159 Å². The van der Waals surface area contributed by atoms with Crippen molar-refractivity contribution in [3.8, 4) is 5.69 Å². The van der Waals surface area contributed by atoms with Crippen LogP contribution in [0.5, 0.6) is 0 Å². The van der Waals surface area contributed by atoms with Gasteiger partial charge in [0.2, 0.25) is 0 Å². The van der Waals surface area contributed by atoms with E-state index in [1.807, 2.05) is 14.0 Å². The summed E-state index contributed by atoms with van der Waals surface area (Å²) in [5, 5.41) is 11.8. The third-order valence-electron chi connectivity index (χ3n) is 4.53. The Morgan fingerprint density at radius 1 is 1.19 bits per heavy atom. The molecule has 4 aromatic rings. The number of nitrogens with one attached hydrogen (secondary N) is 2. The van der Waals surface area contributed by atoms with Crippen LogP contribution in [0.25, 0.3) is 16.6 Å². The Morgan fingerprint density at radius 2 is 1.96 bits per heavy atom. The third kappa shape index (κ3) is 3.24. The van der Waals surface area contributed by atoms with Crippen molar-refractivity contribution in [3.63, 3.8) is 0 Å². The zero-order valence-electron chi connectivity index (χ0n) is 14.9. The lowest BCUT2D eigenvalue weighted by molar-refractivity contribution is 0.613. The van der Waals surface area contributed by atoms with Crippen LogP contribution < -0.4 is 10.9 Å². The van der Waals surface area contributed by atoms with Crippen LogP contribution in [0.1, 0.15) is 17.1 Å². The van der Waals surface area contributed by atoms with E-state index in [4.69, 9.17) is 11.6 Å². The molecule has 0 atom stereocenters. The zero-order chi connectivity index (χ0) is 19.0. The van der Waals surface area contributed by atoms with E-state index < -0.39 is 0 Å². The first-order valence-electron chi connectivity index (χ1n) is 8.43. The molecule has 27 heavy (non-hydrogen) atoms. The summed E-state index contributed by atoms with van der Waals surface area (Å²) < 4.78 is 3.23. The standard InChI is InChI=1S/C18H18ClN7O/c1-11-14(7-20-9-16-22-10-23-25(16)2)17-15(8-21-11)18(27)26(24-17)13-5-3-12(19)4-6-13/h3-6,8,10,20,24H,7,9H2,1-2H3. The van der Waals surface area contributed by atoms with E-state index in [0.29, 0.717) is 23.5 Å². The summed E-state index contributed by atoms with van der Waals surface area (Å²) >= 11 is 5.95. The van der Waals surface area contributed by atoms with Gasteiger partial charge >= 0.3 is 0 Å². The van der Waals surface area contributed by atoms with Crippen molar-refractivity contribution < 1.29 is 0 Å². The second-order valence-electron chi connectivity index (χ2n) is 6.24. The van der Waals surface area contributed by atoms with Crippen LogP contribution in [0.15, 0.2) is 41.6 Å². The minimum atomic E-state index is -0.144. The maximum absolute atomic E-state index is 12.8. The minimum absolute atomic E-state index is 0.144. The Kier molecular flexibility index (Phi) is 4.51. The van der Waals surface area contributed by atoms with Crippen LogP contribution in [0.4, 0.5) is 0 Å². The largest absolute Gasteiger partial charge is 0.306 e. The lowest BCUT2D eigenvalue weighted by Gasteiger charge is -2.08. The Balaban J connectivity index is 1.69. The maximum atomic E-state index is 12.8. The van der Waals surface area contributed by atoms with Gasteiger partial charge in [-0.05, 0) is 31.2 Å². The van der Waals surface area contributed by atoms with Crippen molar-refractivity contribution in [1.82, 2.24) is 34.8 Å². The molecule has 3 aromatic heterocycles. The third-order valence-corrected chi connectivity index (χ3v) is 4.78. The normalized spacial score (nSPS) is 11.4. The SMILES string of the molecule is Cc1ncc2c(=O)n(-c3ccc(Cl)cc3)[nH]c2c1CNCc1ncnn1C. The topological polar surface area (TPSA) is 93.4 Å². The van der Waals surface area contributed by atoms with Crippen molar-refractivity contribution in [2.24, 2.45) is 7.05 Å². The molecular weight excluding hydrogens is 366 g/mol. The van der Waals surface area contributed by atoms with E-state index in [9.17, 15) is 4.79 Å².